The fraction of sp³-hybridized carbons (Fsp3) is 0.500. The first-order valence-corrected chi connectivity index (χ1v) is 7.81. The van der Waals surface area contributed by atoms with Crippen molar-refractivity contribution < 1.29 is 9.53 Å². The molecule has 20 heavy (non-hydrogen) atoms. The minimum Gasteiger partial charge on any atom is -0.491 e. The van der Waals surface area contributed by atoms with Crippen molar-refractivity contribution in [2.24, 2.45) is 0 Å². The Balaban J connectivity index is 2.26. The molecule has 0 aliphatic carbocycles. The molecule has 2 N–H and O–H groups in total. The van der Waals surface area contributed by atoms with Crippen LogP contribution in [0, 0.1) is 0 Å². The average Bonchev–Trinajstić information content (AvgIpc) is 2.82. The van der Waals surface area contributed by atoms with Gasteiger partial charge in [0.05, 0.1) is 22.3 Å². The molecule has 0 saturated carbocycles. The second-order valence-corrected chi connectivity index (χ2v) is 6.30. The highest BCUT2D eigenvalue weighted by molar-refractivity contribution is 9.10. The Kier molecular flexibility index (Phi) is 4.94. The van der Waals surface area contributed by atoms with Gasteiger partial charge in [-0.25, -0.2) is 0 Å². The topological polar surface area (TPSA) is 50.4 Å². The highest BCUT2D eigenvalue weighted by atomic mass is 79.9. The van der Waals surface area contributed by atoms with Crippen LogP contribution in [0.5, 0.6) is 5.75 Å². The van der Waals surface area contributed by atoms with Crippen LogP contribution in [-0.2, 0) is 4.79 Å². The van der Waals surface area contributed by atoms with E-state index < -0.39 is 5.54 Å². The number of hydrogen-bond donors (Lipinski definition) is 2. The minimum atomic E-state index is -0.529. The molecule has 6 heteroatoms. The second kappa shape index (κ2) is 6.33. The number of rotatable bonds is 4. The molecule has 1 unspecified atom stereocenters. The van der Waals surface area contributed by atoms with Crippen LogP contribution in [-0.4, -0.2) is 24.6 Å². The Morgan fingerprint density at radius 3 is 2.95 bits per heavy atom. The molecular weight excluding hydrogens is 344 g/mol. The van der Waals surface area contributed by atoms with Crippen molar-refractivity contribution in [3.8, 4) is 5.75 Å². The SMILES string of the molecule is CCOc1c(Br)cc(Cl)cc1NC(=O)C1(C)CCCN1. The zero-order valence-corrected chi connectivity index (χ0v) is 13.9. The molecule has 1 aromatic rings. The lowest BCUT2D eigenvalue weighted by molar-refractivity contribution is -0.121. The van der Waals surface area contributed by atoms with Crippen molar-refractivity contribution in [2.75, 3.05) is 18.5 Å². The molecule has 2 rings (SSSR count). The molecule has 0 aromatic heterocycles. The predicted octanol–water partition coefficient (Wildman–Crippen LogP) is 3.58. The van der Waals surface area contributed by atoms with Crippen LogP contribution >= 0.6 is 27.5 Å². The molecule has 1 aliphatic rings. The van der Waals surface area contributed by atoms with Crippen molar-refractivity contribution >= 4 is 39.1 Å². The summed E-state index contributed by atoms with van der Waals surface area (Å²) in [5.74, 6) is 0.539. The van der Waals surface area contributed by atoms with Crippen molar-refractivity contribution in [1.29, 1.82) is 0 Å². The Bertz CT molecular complexity index is 516. The van der Waals surface area contributed by atoms with Crippen LogP contribution in [0.4, 0.5) is 5.69 Å². The van der Waals surface area contributed by atoms with Gasteiger partial charge in [0.2, 0.25) is 5.91 Å². The van der Waals surface area contributed by atoms with E-state index in [1.54, 1.807) is 12.1 Å². The lowest BCUT2D eigenvalue weighted by Crippen LogP contribution is -2.48. The summed E-state index contributed by atoms with van der Waals surface area (Å²) in [7, 11) is 0. The molecule has 110 valence electrons. The number of carbonyl (C=O) groups excluding carboxylic acids is 1. The van der Waals surface area contributed by atoms with Crippen LogP contribution in [0.3, 0.4) is 0 Å². The van der Waals surface area contributed by atoms with Gasteiger partial charge in [-0.3, -0.25) is 4.79 Å². The van der Waals surface area contributed by atoms with Crippen molar-refractivity contribution in [2.45, 2.75) is 32.2 Å². The summed E-state index contributed by atoms with van der Waals surface area (Å²) in [5, 5.41) is 6.70. The van der Waals surface area contributed by atoms with Crippen molar-refractivity contribution in [3.63, 3.8) is 0 Å². The summed E-state index contributed by atoms with van der Waals surface area (Å²) in [6.45, 7) is 5.18. The van der Waals surface area contributed by atoms with Crippen molar-refractivity contribution in [1.82, 2.24) is 5.32 Å². The summed E-state index contributed by atoms with van der Waals surface area (Å²) in [6.07, 6.45) is 1.83. The standard InChI is InChI=1S/C14H18BrClN2O2/c1-3-20-12-10(15)7-9(16)8-11(12)18-13(19)14(2)5-4-6-17-14/h7-8,17H,3-6H2,1-2H3,(H,18,19). The van der Waals surface area contributed by atoms with E-state index in [9.17, 15) is 4.79 Å². The lowest BCUT2D eigenvalue weighted by Gasteiger charge is -2.24. The molecular formula is C14H18BrClN2O2. The van der Waals surface area contributed by atoms with E-state index >= 15 is 0 Å². The maximum atomic E-state index is 12.4. The molecule has 0 radical (unpaired) electrons. The quantitative estimate of drug-likeness (QED) is 0.862. The molecule has 1 heterocycles. The van der Waals surface area contributed by atoms with Gasteiger partial charge < -0.3 is 15.4 Å². The van der Waals surface area contributed by atoms with Gasteiger partial charge in [0.15, 0.2) is 5.75 Å². The highest BCUT2D eigenvalue weighted by Crippen LogP contribution is 2.37. The Labute approximate surface area is 132 Å². The van der Waals surface area contributed by atoms with Gasteiger partial charge in [-0.1, -0.05) is 11.6 Å². The van der Waals surface area contributed by atoms with Crippen LogP contribution in [0.25, 0.3) is 0 Å². The number of halogens is 2. The van der Waals surface area contributed by atoms with Crippen LogP contribution in [0.2, 0.25) is 5.02 Å². The molecule has 0 spiro atoms. The van der Waals surface area contributed by atoms with E-state index in [0.29, 0.717) is 23.1 Å². The maximum Gasteiger partial charge on any atom is 0.244 e. The molecule has 4 nitrogen and oxygen atoms in total. The highest BCUT2D eigenvalue weighted by Gasteiger charge is 2.36. The number of amides is 1. The molecule has 1 aromatic carbocycles. The Morgan fingerprint density at radius 2 is 2.35 bits per heavy atom. The summed E-state index contributed by atoms with van der Waals surface area (Å²) < 4.78 is 6.31. The number of ether oxygens (including phenoxy) is 1. The zero-order valence-electron chi connectivity index (χ0n) is 11.6. The predicted molar refractivity (Wildman–Crippen MR) is 84.6 cm³/mol. The van der Waals surface area contributed by atoms with Crippen LogP contribution < -0.4 is 15.4 Å². The first-order chi connectivity index (χ1) is 9.46. The third-order valence-corrected chi connectivity index (χ3v) is 4.22. The smallest absolute Gasteiger partial charge is 0.244 e. The lowest BCUT2D eigenvalue weighted by atomic mass is 9.99. The molecule has 1 atom stereocenters. The van der Waals surface area contributed by atoms with Gasteiger partial charge in [-0.05, 0) is 61.3 Å². The van der Waals surface area contributed by atoms with Crippen LogP contribution in [0.1, 0.15) is 26.7 Å². The summed E-state index contributed by atoms with van der Waals surface area (Å²) in [5.41, 5.74) is 0.0595. The number of hydrogen-bond acceptors (Lipinski definition) is 3. The minimum absolute atomic E-state index is 0.0647. The van der Waals surface area contributed by atoms with Crippen LogP contribution in [0.15, 0.2) is 16.6 Å². The third kappa shape index (κ3) is 3.27. The summed E-state index contributed by atoms with van der Waals surface area (Å²) in [4.78, 5) is 12.4. The normalized spacial score (nSPS) is 21.8. The Hall–Kier alpha value is -0.780. The van der Waals surface area contributed by atoms with Gasteiger partial charge in [0.25, 0.3) is 0 Å². The van der Waals surface area contributed by atoms with Gasteiger partial charge in [0, 0.05) is 5.02 Å². The molecule has 0 bridgehead atoms. The molecule has 1 saturated heterocycles. The number of benzene rings is 1. The van der Waals surface area contributed by atoms with E-state index in [2.05, 4.69) is 26.6 Å². The maximum absolute atomic E-state index is 12.4. The summed E-state index contributed by atoms with van der Waals surface area (Å²) >= 11 is 9.46. The molecule has 1 fully saturated rings. The fourth-order valence-corrected chi connectivity index (χ4v) is 3.22. The van der Waals surface area contributed by atoms with Gasteiger partial charge in [-0.15, -0.1) is 0 Å². The Morgan fingerprint density at radius 1 is 1.60 bits per heavy atom. The van der Waals surface area contributed by atoms with E-state index in [1.165, 1.54) is 0 Å². The van der Waals surface area contributed by atoms with Gasteiger partial charge >= 0.3 is 0 Å². The van der Waals surface area contributed by atoms with E-state index in [0.717, 1.165) is 23.9 Å². The van der Waals surface area contributed by atoms with Crippen molar-refractivity contribution in [3.05, 3.63) is 21.6 Å². The van der Waals surface area contributed by atoms with E-state index in [4.69, 9.17) is 16.3 Å². The fourth-order valence-electron chi connectivity index (χ4n) is 2.29. The summed E-state index contributed by atoms with van der Waals surface area (Å²) in [6, 6.07) is 3.45. The van der Waals surface area contributed by atoms with Gasteiger partial charge in [0.1, 0.15) is 0 Å². The third-order valence-electron chi connectivity index (χ3n) is 3.42. The number of anilines is 1. The second-order valence-electron chi connectivity index (χ2n) is 5.01. The first kappa shape index (κ1) is 15.6. The monoisotopic (exact) mass is 360 g/mol. The zero-order chi connectivity index (χ0) is 14.8. The number of nitrogens with one attached hydrogen (secondary N) is 2. The van der Waals surface area contributed by atoms with E-state index in [-0.39, 0.29) is 5.91 Å². The molecule has 1 amide bonds. The van der Waals surface area contributed by atoms with E-state index in [1.807, 2.05) is 13.8 Å². The average molecular weight is 362 g/mol. The first-order valence-electron chi connectivity index (χ1n) is 6.64. The largest absolute Gasteiger partial charge is 0.491 e. The number of carbonyl (C=O) groups is 1. The molecule has 1 aliphatic heterocycles. The van der Waals surface area contributed by atoms with Gasteiger partial charge in [-0.2, -0.15) is 0 Å².